The summed E-state index contributed by atoms with van der Waals surface area (Å²) < 4.78 is 23.4. The summed E-state index contributed by atoms with van der Waals surface area (Å²) in [6, 6.07) is 3.77. The van der Waals surface area contributed by atoms with E-state index in [-0.39, 0.29) is 18.1 Å². The first-order valence-electron chi connectivity index (χ1n) is 8.76. The highest BCUT2D eigenvalue weighted by Crippen LogP contribution is 2.46. The van der Waals surface area contributed by atoms with Crippen molar-refractivity contribution in [1.82, 2.24) is 0 Å². The second kappa shape index (κ2) is 7.58. The lowest BCUT2D eigenvalue weighted by Gasteiger charge is -2.43. The number of carboxylic acid groups (broad SMARTS) is 1. The Morgan fingerprint density at radius 3 is 2.42 bits per heavy atom. The van der Waals surface area contributed by atoms with E-state index in [0.717, 1.165) is 11.1 Å². The predicted molar refractivity (Wildman–Crippen MR) is 101 cm³/mol. The third kappa shape index (κ3) is 4.05. The van der Waals surface area contributed by atoms with Crippen LogP contribution in [0.4, 0.5) is 0 Å². The minimum atomic E-state index is -2.15. The van der Waals surface area contributed by atoms with Gasteiger partial charge in [0.25, 0.3) is 0 Å². The van der Waals surface area contributed by atoms with Crippen LogP contribution >= 0.6 is 0 Å². The highest BCUT2D eigenvalue weighted by atomic mass is 28.4. The Morgan fingerprint density at radius 2 is 1.92 bits per heavy atom. The monoisotopic (exact) mass is 382 g/mol. The average Bonchev–Trinajstić information content (AvgIpc) is 2.54. The number of ether oxygens (including phenoxy) is 3. The summed E-state index contributed by atoms with van der Waals surface area (Å²) in [5.41, 5.74) is 1.78. The quantitative estimate of drug-likeness (QED) is 0.745. The first-order chi connectivity index (χ1) is 12.0. The van der Waals surface area contributed by atoms with Gasteiger partial charge >= 0.3 is 5.97 Å². The predicted octanol–water partition coefficient (Wildman–Crippen LogP) is 4.14. The summed E-state index contributed by atoms with van der Waals surface area (Å²) in [5.74, 6) is 0.336. The number of hydrogen-bond donors (Lipinski definition) is 1. The molecule has 26 heavy (non-hydrogen) atoms. The van der Waals surface area contributed by atoms with E-state index >= 15 is 0 Å². The lowest BCUT2D eigenvalue weighted by molar-refractivity contribution is -0.144. The van der Waals surface area contributed by atoms with E-state index in [4.69, 9.17) is 18.6 Å². The molecule has 0 fully saturated rings. The van der Waals surface area contributed by atoms with E-state index in [1.54, 1.807) is 14.2 Å². The lowest BCUT2D eigenvalue weighted by atomic mass is 9.93. The number of fused-ring (bicyclic) bond motifs is 1. The lowest BCUT2D eigenvalue weighted by Crippen LogP contribution is -2.45. The van der Waals surface area contributed by atoms with Gasteiger partial charge in [-0.15, -0.1) is 0 Å². The molecule has 1 aliphatic rings. The van der Waals surface area contributed by atoms with E-state index in [1.165, 1.54) is 0 Å². The van der Waals surface area contributed by atoms with Gasteiger partial charge in [-0.2, -0.15) is 0 Å². The van der Waals surface area contributed by atoms with Gasteiger partial charge in [-0.3, -0.25) is 4.79 Å². The van der Waals surface area contributed by atoms with E-state index in [1.807, 2.05) is 12.1 Å². The fourth-order valence-electron chi connectivity index (χ4n) is 2.87. The summed E-state index contributed by atoms with van der Waals surface area (Å²) >= 11 is 0. The van der Waals surface area contributed by atoms with Gasteiger partial charge in [0.05, 0.1) is 39.5 Å². The third-order valence-corrected chi connectivity index (χ3v) is 9.83. The molecule has 1 aromatic carbocycles. The van der Waals surface area contributed by atoms with Gasteiger partial charge in [-0.05, 0) is 29.8 Å². The molecule has 7 heteroatoms. The molecule has 0 saturated carbocycles. The van der Waals surface area contributed by atoms with Crippen LogP contribution in [0, 0.1) is 0 Å². The van der Waals surface area contributed by atoms with Crippen LogP contribution in [-0.2, 0) is 20.6 Å². The molecule has 0 amide bonds. The Bertz CT molecular complexity index is 665. The molecule has 0 aromatic heterocycles. The van der Waals surface area contributed by atoms with E-state index in [9.17, 15) is 9.90 Å². The minimum Gasteiger partial charge on any atom is -0.493 e. The number of carboxylic acids is 1. The highest BCUT2D eigenvalue weighted by molar-refractivity contribution is 6.74. The number of methoxy groups -OCH3 is 2. The summed E-state index contributed by atoms with van der Waals surface area (Å²) in [5, 5.41) is 9.30. The normalized spacial score (nSPS) is 20.4. The molecule has 1 heterocycles. The zero-order chi connectivity index (χ0) is 19.7. The molecule has 1 N–H and O–H groups in total. The molecule has 2 atom stereocenters. The van der Waals surface area contributed by atoms with Gasteiger partial charge in [-0.25, -0.2) is 0 Å². The zero-order valence-electron chi connectivity index (χ0n) is 16.7. The minimum absolute atomic E-state index is 0.00502. The Labute approximate surface area is 156 Å². The number of aliphatic carboxylic acids is 1. The van der Waals surface area contributed by atoms with Crippen LogP contribution in [0.1, 0.15) is 44.4 Å². The Balaban J connectivity index is 2.51. The molecule has 6 nitrogen and oxygen atoms in total. The highest BCUT2D eigenvalue weighted by Gasteiger charge is 2.44. The largest absolute Gasteiger partial charge is 0.493 e. The maximum Gasteiger partial charge on any atom is 0.306 e. The summed E-state index contributed by atoms with van der Waals surface area (Å²) in [7, 11) is 1.03. The maximum absolute atomic E-state index is 11.3. The number of carbonyl (C=O) groups is 1. The molecule has 0 bridgehead atoms. The average molecular weight is 383 g/mol. The molecule has 0 unspecified atom stereocenters. The van der Waals surface area contributed by atoms with E-state index < -0.39 is 26.5 Å². The van der Waals surface area contributed by atoms with Crippen molar-refractivity contribution in [3.8, 4) is 11.5 Å². The van der Waals surface area contributed by atoms with Crippen LogP contribution in [0.5, 0.6) is 11.5 Å². The number of hydrogen-bond acceptors (Lipinski definition) is 5. The summed E-state index contributed by atoms with van der Waals surface area (Å²) in [4.78, 5) is 11.3. The molecule has 0 saturated heterocycles. The molecule has 2 rings (SSSR count). The first-order valence-corrected chi connectivity index (χ1v) is 11.7. The molecule has 0 spiro atoms. The molecule has 1 aliphatic heterocycles. The van der Waals surface area contributed by atoms with Crippen molar-refractivity contribution in [3.63, 3.8) is 0 Å². The van der Waals surface area contributed by atoms with Crippen molar-refractivity contribution in [2.24, 2.45) is 0 Å². The molecular formula is C19H30O6Si. The van der Waals surface area contributed by atoms with Crippen molar-refractivity contribution < 1.29 is 28.5 Å². The Kier molecular flexibility index (Phi) is 6.05. The zero-order valence-corrected chi connectivity index (χ0v) is 17.7. The van der Waals surface area contributed by atoms with Gasteiger partial charge < -0.3 is 23.7 Å². The van der Waals surface area contributed by atoms with Crippen LogP contribution in [-0.4, -0.2) is 39.7 Å². The van der Waals surface area contributed by atoms with Crippen molar-refractivity contribution in [1.29, 1.82) is 0 Å². The van der Waals surface area contributed by atoms with Gasteiger partial charge in [-0.1, -0.05) is 26.8 Å². The fraction of sp³-hybridized carbons (Fsp3) is 0.632. The standard InChI is InChI=1S/C19H30O6Si/c1-19(2,3)26(6,7)25-18-12-8-9-14(22-4)17(23-5)13(12)11-24-15(18)10-16(20)21/h8-9,15,18H,10-11H2,1-7H3,(H,20,21)/t15-,18+/m1/s1. The van der Waals surface area contributed by atoms with E-state index in [2.05, 4.69) is 33.9 Å². The summed E-state index contributed by atoms with van der Waals surface area (Å²) in [6.45, 7) is 11.0. The van der Waals surface area contributed by atoms with Gasteiger partial charge in [0.15, 0.2) is 19.8 Å². The maximum atomic E-state index is 11.3. The second-order valence-corrected chi connectivity index (χ2v) is 12.9. The van der Waals surface area contributed by atoms with Crippen LogP contribution < -0.4 is 9.47 Å². The Morgan fingerprint density at radius 1 is 1.27 bits per heavy atom. The molecule has 0 aliphatic carbocycles. The fourth-order valence-corrected chi connectivity index (χ4v) is 4.14. The SMILES string of the molecule is COc1ccc2c(c1OC)CO[C@H](CC(=O)O)[C@H]2O[Si](C)(C)C(C)(C)C. The summed E-state index contributed by atoms with van der Waals surface area (Å²) in [6.07, 6.45) is -1.09. The first kappa shape index (κ1) is 20.7. The van der Waals surface area contributed by atoms with Gasteiger partial charge in [0.1, 0.15) is 0 Å². The van der Waals surface area contributed by atoms with Crippen LogP contribution in [0.2, 0.25) is 18.1 Å². The van der Waals surface area contributed by atoms with Crippen LogP contribution in [0.25, 0.3) is 0 Å². The van der Waals surface area contributed by atoms with Crippen molar-refractivity contribution in [2.75, 3.05) is 14.2 Å². The molecule has 1 aromatic rings. The van der Waals surface area contributed by atoms with Gasteiger partial charge in [0.2, 0.25) is 0 Å². The van der Waals surface area contributed by atoms with E-state index in [0.29, 0.717) is 11.5 Å². The van der Waals surface area contributed by atoms with Crippen LogP contribution in [0.3, 0.4) is 0 Å². The third-order valence-electron chi connectivity index (χ3n) is 5.37. The van der Waals surface area contributed by atoms with Gasteiger partial charge in [0, 0.05) is 5.56 Å². The Hall–Kier alpha value is -1.57. The smallest absolute Gasteiger partial charge is 0.306 e. The molecule has 146 valence electrons. The van der Waals surface area contributed by atoms with Crippen molar-refractivity contribution in [2.45, 2.75) is 64.1 Å². The molecular weight excluding hydrogens is 352 g/mol. The number of rotatable bonds is 6. The van der Waals surface area contributed by atoms with Crippen molar-refractivity contribution in [3.05, 3.63) is 23.3 Å². The van der Waals surface area contributed by atoms with Crippen molar-refractivity contribution >= 4 is 14.3 Å². The van der Waals surface area contributed by atoms with Crippen LogP contribution in [0.15, 0.2) is 12.1 Å². The topological polar surface area (TPSA) is 74.2 Å². The number of benzene rings is 1. The second-order valence-electron chi connectivity index (χ2n) is 8.11. The molecule has 0 radical (unpaired) electrons.